The average Bonchev–Trinajstić information content (AvgIpc) is 2.56. The number of hydrogen-bond acceptors (Lipinski definition) is 3. The first kappa shape index (κ1) is 10.6. The molecule has 3 fully saturated rings. The smallest absolute Gasteiger partial charge is 0.346 e. The number of urea groups is 1. The van der Waals surface area contributed by atoms with E-state index in [1.54, 1.807) is 4.90 Å². The molecule has 1 spiro atoms. The number of nitrogens with two attached hydrogens (primary N) is 1. The summed E-state index contributed by atoms with van der Waals surface area (Å²) in [5.74, 6) is 3.43. The first-order valence-electron chi connectivity index (χ1n) is 6.00. The molecule has 4 aliphatic rings. The van der Waals surface area contributed by atoms with E-state index in [-0.39, 0.29) is 6.03 Å². The van der Waals surface area contributed by atoms with E-state index in [9.17, 15) is 4.79 Å². The number of amidine groups is 1. The van der Waals surface area contributed by atoms with Crippen molar-refractivity contribution in [1.29, 1.82) is 0 Å². The quantitative estimate of drug-likeness (QED) is 0.641. The van der Waals surface area contributed by atoms with E-state index in [1.165, 1.54) is 0 Å². The van der Waals surface area contributed by atoms with Gasteiger partial charge < -0.3 is 10.6 Å². The van der Waals surface area contributed by atoms with E-state index in [0.29, 0.717) is 18.3 Å². The largest absolute Gasteiger partial charge is 0.385 e. The molecule has 90 valence electrons. The second-order valence-corrected chi connectivity index (χ2v) is 5.04. The van der Waals surface area contributed by atoms with Gasteiger partial charge in [-0.3, -0.25) is 4.90 Å². The third-order valence-corrected chi connectivity index (χ3v) is 4.35. The van der Waals surface area contributed by atoms with Gasteiger partial charge >= 0.3 is 6.03 Å². The molecule has 0 radical (unpaired) electrons. The molecule has 1 atom stereocenters. The Kier molecular flexibility index (Phi) is 2.17. The summed E-state index contributed by atoms with van der Waals surface area (Å²) in [5.41, 5.74) is 5.62. The minimum atomic E-state index is -0.417. The van der Waals surface area contributed by atoms with E-state index in [0.717, 1.165) is 32.5 Å². The lowest BCUT2D eigenvalue weighted by Gasteiger charge is -2.54. The highest BCUT2D eigenvalue weighted by molar-refractivity contribution is 6.06. The van der Waals surface area contributed by atoms with E-state index >= 15 is 0 Å². The van der Waals surface area contributed by atoms with Crippen LogP contribution in [0.1, 0.15) is 12.8 Å². The summed E-state index contributed by atoms with van der Waals surface area (Å²) < 4.78 is 0. The Morgan fingerprint density at radius 1 is 1.53 bits per heavy atom. The van der Waals surface area contributed by atoms with Crippen LogP contribution >= 0.6 is 0 Å². The summed E-state index contributed by atoms with van der Waals surface area (Å²) in [4.78, 5) is 19.9. The molecule has 2 bridgehead atoms. The lowest BCUT2D eigenvalue weighted by molar-refractivity contribution is -0.000336. The van der Waals surface area contributed by atoms with Crippen LogP contribution in [0.4, 0.5) is 4.79 Å². The van der Waals surface area contributed by atoms with Crippen molar-refractivity contribution in [1.82, 2.24) is 9.80 Å². The Hall–Kier alpha value is -1.54. The highest BCUT2D eigenvalue weighted by atomic mass is 16.2. The fourth-order valence-corrected chi connectivity index (χ4v) is 3.50. The summed E-state index contributed by atoms with van der Waals surface area (Å²) >= 11 is 0. The van der Waals surface area contributed by atoms with Crippen molar-refractivity contribution in [2.45, 2.75) is 18.4 Å². The molecule has 4 heterocycles. The number of rotatable bonds is 1. The van der Waals surface area contributed by atoms with Gasteiger partial charge in [0.1, 0.15) is 11.4 Å². The van der Waals surface area contributed by atoms with Crippen molar-refractivity contribution in [3.05, 3.63) is 0 Å². The number of carbonyl (C=O) groups excluding carboxylic acids is 1. The summed E-state index contributed by atoms with van der Waals surface area (Å²) in [6.45, 7) is 3.28. The zero-order chi connectivity index (χ0) is 12.0. The molecule has 17 heavy (non-hydrogen) atoms. The maximum Gasteiger partial charge on any atom is 0.346 e. The maximum atomic E-state index is 11.9. The molecule has 2 amide bonds. The Morgan fingerprint density at radius 3 is 2.76 bits per heavy atom. The van der Waals surface area contributed by atoms with Crippen LogP contribution in [-0.4, -0.2) is 53.4 Å². The van der Waals surface area contributed by atoms with E-state index in [1.807, 2.05) is 0 Å². The lowest BCUT2D eigenvalue weighted by atomic mass is 9.71. The molecule has 0 aliphatic carbocycles. The summed E-state index contributed by atoms with van der Waals surface area (Å²) in [6, 6.07) is -0.269. The number of amides is 2. The summed E-state index contributed by atoms with van der Waals surface area (Å²) in [6.07, 6.45) is 7.50. The number of fused-ring (bicyclic) bond motifs is 2. The highest BCUT2D eigenvalue weighted by Crippen LogP contribution is 2.42. The van der Waals surface area contributed by atoms with Crippen LogP contribution in [0.5, 0.6) is 0 Å². The Balaban J connectivity index is 2.02. The topological polar surface area (TPSA) is 61.9 Å². The fraction of sp³-hybridized carbons (Fsp3) is 0.667. The molecule has 1 unspecified atom stereocenters. The van der Waals surface area contributed by atoms with E-state index in [2.05, 4.69) is 15.8 Å². The Morgan fingerprint density at radius 2 is 2.24 bits per heavy atom. The molecule has 0 aromatic heterocycles. The molecule has 4 aliphatic heterocycles. The number of terminal acetylenes is 1. The zero-order valence-corrected chi connectivity index (χ0v) is 9.72. The normalized spacial score (nSPS) is 39.6. The second kappa shape index (κ2) is 3.47. The third kappa shape index (κ3) is 1.25. The maximum absolute atomic E-state index is 11.9. The standard InChI is InChI=1S/C12H16N4O/c1-2-5-16-11(17)14-10(13)12(16)8-15-6-3-9(12)4-7-15/h1,9H,3-8H2,(H2,13,14,17). The third-order valence-electron chi connectivity index (χ3n) is 4.35. The molecule has 3 saturated heterocycles. The first-order valence-corrected chi connectivity index (χ1v) is 6.00. The van der Waals surface area contributed by atoms with Crippen LogP contribution in [0.15, 0.2) is 4.99 Å². The first-order chi connectivity index (χ1) is 8.18. The van der Waals surface area contributed by atoms with Crippen LogP contribution in [0.25, 0.3) is 0 Å². The molecule has 5 heteroatoms. The van der Waals surface area contributed by atoms with Gasteiger partial charge in [-0.1, -0.05) is 5.92 Å². The summed E-state index contributed by atoms with van der Waals surface area (Å²) in [7, 11) is 0. The molecule has 2 N–H and O–H groups in total. The Bertz CT molecular complexity index is 430. The number of hydrogen-bond donors (Lipinski definition) is 1. The molecule has 0 saturated carbocycles. The van der Waals surface area contributed by atoms with Crippen LogP contribution < -0.4 is 5.73 Å². The predicted molar refractivity (Wildman–Crippen MR) is 64.5 cm³/mol. The SMILES string of the molecule is C#CCN1C(=O)N=C(N)C12CN1CCC2CC1. The van der Waals surface area contributed by atoms with Gasteiger partial charge in [0.05, 0.1) is 6.54 Å². The van der Waals surface area contributed by atoms with Crippen LogP contribution in [0.3, 0.4) is 0 Å². The van der Waals surface area contributed by atoms with Gasteiger partial charge in [-0.05, 0) is 31.8 Å². The molecule has 0 aromatic carbocycles. The van der Waals surface area contributed by atoms with Gasteiger partial charge in [-0.25, -0.2) is 4.79 Å². The molecule has 0 aromatic rings. The van der Waals surface area contributed by atoms with Crippen molar-refractivity contribution in [2.24, 2.45) is 16.6 Å². The average molecular weight is 232 g/mol. The van der Waals surface area contributed by atoms with Crippen LogP contribution in [0, 0.1) is 18.3 Å². The van der Waals surface area contributed by atoms with E-state index in [4.69, 9.17) is 12.2 Å². The number of carbonyl (C=O) groups is 1. The zero-order valence-electron chi connectivity index (χ0n) is 9.72. The van der Waals surface area contributed by atoms with Gasteiger partial charge in [0.15, 0.2) is 0 Å². The van der Waals surface area contributed by atoms with Crippen molar-refractivity contribution in [3.63, 3.8) is 0 Å². The highest BCUT2D eigenvalue weighted by Gasteiger charge is 2.57. The predicted octanol–water partition coefficient (Wildman–Crippen LogP) is -0.123. The monoisotopic (exact) mass is 232 g/mol. The number of piperidine rings is 3. The summed E-state index contributed by atoms with van der Waals surface area (Å²) in [5, 5.41) is 0. The van der Waals surface area contributed by atoms with Crippen LogP contribution in [-0.2, 0) is 0 Å². The van der Waals surface area contributed by atoms with Crippen molar-refractivity contribution in [3.8, 4) is 12.3 Å². The van der Waals surface area contributed by atoms with E-state index < -0.39 is 5.54 Å². The molecular weight excluding hydrogens is 216 g/mol. The lowest BCUT2D eigenvalue weighted by Crippen LogP contribution is -2.70. The van der Waals surface area contributed by atoms with Gasteiger partial charge in [0.2, 0.25) is 0 Å². The number of aliphatic imine (C=N–C) groups is 1. The Labute approximate surface area is 101 Å². The van der Waals surface area contributed by atoms with Gasteiger partial charge in [0.25, 0.3) is 0 Å². The number of nitrogens with zero attached hydrogens (tertiary/aromatic N) is 3. The van der Waals surface area contributed by atoms with Crippen LogP contribution in [0.2, 0.25) is 0 Å². The van der Waals surface area contributed by atoms with Gasteiger partial charge in [-0.2, -0.15) is 4.99 Å². The van der Waals surface area contributed by atoms with Gasteiger partial charge in [0, 0.05) is 6.54 Å². The van der Waals surface area contributed by atoms with Crippen molar-refractivity contribution in [2.75, 3.05) is 26.2 Å². The molecule has 5 nitrogen and oxygen atoms in total. The van der Waals surface area contributed by atoms with Crippen molar-refractivity contribution < 1.29 is 4.79 Å². The second-order valence-electron chi connectivity index (χ2n) is 5.04. The molecular formula is C12H16N4O. The minimum Gasteiger partial charge on any atom is -0.385 e. The van der Waals surface area contributed by atoms with Gasteiger partial charge in [-0.15, -0.1) is 6.42 Å². The van der Waals surface area contributed by atoms with Crippen molar-refractivity contribution >= 4 is 11.9 Å². The fourth-order valence-electron chi connectivity index (χ4n) is 3.50. The minimum absolute atomic E-state index is 0.269. The molecule has 4 rings (SSSR count).